The molecule has 0 bridgehead atoms. The predicted molar refractivity (Wildman–Crippen MR) is 115 cm³/mol. The summed E-state index contributed by atoms with van der Waals surface area (Å²) < 4.78 is 5.11. The maximum atomic E-state index is 12.6. The van der Waals surface area contributed by atoms with Crippen molar-refractivity contribution >= 4 is 12.0 Å². The van der Waals surface area contributed by atoms with Gasteiger partial charge in [-0.15, -0.1) is 0 Å². The fourth-order valence-corrected chi connectivity index (χ4v) is 2.81. The molecular formula is C23H31N3O3. The van der Waals surface area contributed by atoms with Crippen LogP contribution in [0.3, 0.4) is 0 Å². The van der Waals surface area contributed by atoms with Crippen LogP contribution in [0.15, 0.2) is 42.6 Å². The van der Waals surface area contributed by atoms with Crippen molar-refractivity contribution in [3.63, 3.8) is 0 Å². The van der Waals surface area contributed by atoms with Gasteiger partial charge in [-0.2, -0.15) is 0 Å². The van der Waals surface area contributed by atoms with Crippen molar-refractivity contribution in [1.82, 2.24) is 15.6 Å². The third kappa shape index (κ3) is 6.89. The molecule has 1 heterocycles. The van der Waals surface area contributed by atoms with E-state index in [1.807, 2.05) is 50.2 Å². The number of carbonyl (C=O) groups is 2. The molecule has 6 nitrogen and oxygen atoms in total. The second kappa shape index (κ2) is 11.2. The SMILES string of the molecule is CC.CC(C)OC(=O)NCc1ccccc1-c1cccnc1C(=O)NCC1CC1. The van der Waals surface area contributed by atoms with Gasteiger partial charge in [0.05, 0.1) is 6.10 Å². The fourth-order valence-electron chi connectivity index (χ4n) is 2.81. The van der Waals surface area contributed by atoms with E-state index in [0.717, 1.165) is 16.7 Å². The van der Waals surface area contributed by atoms with Crippen LogP contribution < -0.4 is 10.6 Å². The lowest BCUT2D eigenvalue weighted by Crippen LogP contribution is -2.27. The van der Waals surface area contributed by atoms with E-state index in [2.05, 4.69) is 15.6 Å². The molecule has 0 radical (unpaired) electrons. The zero-order chi connectivity index (χ0) is 21.2. The van der Waals surface area contributed by atoms with Crippen LogP contribution in [0.2, 0.25) is 0 Å². The minimum atomic E-state index is -0.464. The van der Waals surface area contributed by atoms with Gasteiger partial charge in [-0.25, -0.2) is 4.79 Å². The second-order valence-corrected chi connectivity index (χ2v) is 7.02. The lowest BCUT2D eigenvalue weighted by atomic mass is 9.98. The van der Waals surface area contributed by atoms with Gasteiger partial charge in [0.1, 0.15) is 5.69 Å². The summed E-state index contributed by atoms with van der Waals surface area (Å²) in [6, 6.07) is 11.3. The molecule has 1 fully saturated rings. The van der Waals surface area contributed by atoms with E-state index in [1.54, 1.807) is 20.0 Å². The molecule has 1 saturated carbocycles. The molecule has 0 saturated heterocycles. The van der Waals surface area contributed by atoms with Crippen LogP contribution in [-0.2, 0) is 11.3 Å². The summed E-state index contributed by atoms with van der Waals surface area (Å²) in [5, 5.41) is 5.73. The first kappa shape index (κ1) is 22.4. The first-order chi connectivity index (χ1) is 14.0. The highest BCUT2D eigenvalue weighted by Gasteiger charge is 2.23. The van der Waals surface area contributed by atoms with Crippen molar-refractivity contribution in [1.29, 1.82) is 0 Å². The standard InChI is InChI=1S/C21H25N3O3.C2H6/c1-14(2)27-21(26)24-13-16-6-3-4-7-17(16)18-8-5-11-22-19(18)20(25)23-12-15-9-10-15;1-2/h3-8,11,14-15H,9-10,12-13H2,1-2H3,(H,23,25)(H,24,26);1-2H3. The predicted octanol–water partition coefficient (Wildman–Crippen LogP) is 4.55. The number of nitrogens with zero attached hydrogens (tertiary/aromatic N) is 1. The molecule has 29 heavy (non-hydrogen) atoms. The van der Waals surface area contributed by atoms with Crippen molar-refractivity contribution < 1.29 is 14.3 Å². The van der Waals surface area contributed by atoms with E-state index in [0.29, 0.717) is 24.7 Å². The Morgan fingerprint density at radius 3 is 2.45 bits per heavy atom. The van der Waals surface area contributed by atoms with Gasteiger partial charge in [0, 0.05) is 24.8 Å². The maximum Gasteiger partial charge on any atom is 0.407 e. The van der Waals surface area contributed by atoms with Crippen LogP contribution in [0.5, 0.6) is 0 Å². The number of amides is 2. The Bertz CT molecular complexity index is 817. The zero-order valence-electron chi connectivity index (χ0n) is 17.7. The van der Waals surface area contributed by atoms with E-state index in [1.165, 1.54) is 12.8 Å². The number of pyridine rings is 1. The number of hydrogen-bond acceptors (Lipinski definition) is 4. The smallest absolute Gasteiger partial charge is 0.407 e. The van der Waals surface area contributed by atoms with Crippen molar-refractivity contribution in [2.75, 3.05) is 6.54 Å². The molecule has 6 heteroatoms. The number of ether oxygens (including phenoxy) is 1. The molecule has 0 unspecified atom stereocenters. The number of nitrogens with one attached hydrogen (secondary N) is 2. The average molecular weight is 398 g/mol. The molecule has 1 aromatic carbocycles. The highest BCUT2D eigenvalue weighted by molar-refractivity contribution is 5.99. The molecule has 0 spiro atoms. The topological polar surface area (TPSA) is 80.3 Å². The summed E-state index contributed by atoms with van der Waals surface area (Å²) in [5.74, 6) is 0.434. The third-order valence-electron chi connectivity index (χ3n) is 4.34. The number of alkyl carbamates (subject to hydrolysis) is 1. The minimum Gasteiger partial charge on any atom is -0.447 e. The molecule has 1 aliphatic carbocycles. The number of rotatable bonds is 7. The average Bonchev–Trinajstić information content (AvgIpc) is 3.56. The molecule has 3 rings (SSSR count). The fraction of sp³-hybridized carbons (Fsp3) is 0.435. The lowest BCUT2D eigenvalue weighted by Gasteiger charge is -2.14. The number of hydrogen-bond donors (Lipinski definition) is 2. The Hall–Kier alpha value is -2.89. The third-order valence-corrected chi connectivity index (χ3v) is 4.34. The Morgan fingerprint density at radius 1 is 1.07 bits per heavy atom. The molecule has 2 aromatic rings. The van der Waals surface area contributed by atoms with E-state index >= 15 is 0 Å². The van der Waals surface area contributed by atoms with Crippen LogP contribution in [0.4, 0.5) is 4.79 Å². The van der Waals surface area contributed by atoms with E-state index in [9.17, 15) is 9.59 Å². The quantitative estimate of drug-likeness (QED) is 0.718. The number of carbonyl (C=O) groups excluding carboxylic acids is 2. The van der Waals surface area contributed by atoms with Crippen LogP contribution in [0.25, 0.3) is 11.1 Å². The van der Waals surface area contributed by atoms with Crippen LogP contribution in [0.1, 0.15) is 56.6 Å². The summed E-state index contributed by atoms with van der Waals surface area (Å²) in [7, 11) is 0. The second-order valence-electron chi connectivity index (χ2n) is 7.02. The molecule has 2 N–H and O–H groups in total. The van der Waals surface area contributed by atoms with Gasteiger partial charge in [0.15, 0.2) is 0 Å². The highest BCUT2D eigenvalue weighted by Crippen LogP contribution is 2.29. The molecule has 0 atom stereocenters. The van der Waals surface area contributed by atoms with Crippen molar-refractivity contribution in [2.45, 2.75) is 53.2 Å². The summed E-state index contributed by atoms with van der Waals surface area (Å²) in [5.41, 5.74) is 2.91. The van der Waals surface area contributed by atoms with Gasteiger partial charge >= 0.3 is 6.09 Å². The summed E-state index contributed by atoms with van der Waals surface area (Å²) >= 11 is 0. The molecule has 156 valence electrons. The first-order valence-corrected chi connectivity index (χ1v) is 10.3. The Kier molecular flexibility index (Phi) is 8.65. The minimum absolute atomic E-state index is 0.167. The van der Waals surface area contributed by atoms with Gasteiger partial charge in [0.25, 0.3) is 5.91 Å². The Morgan fingerprint density at radius 2 is 1.76 bits per heavy atom. The Labute approximate surface area is 173 Å². The molecule has 0 aliphatic heterocycles. The summed E-state index contributed by atoms with van der Waals surface area (Å²) in [4.78, 5) is 28.7. The number of benzene rings is 1. The first-order valence-electron chi connectivity index (χ1n) is 10.3. The normalized spacial score (nSPS) is 12.6. The molecule has 1 aromatic heterocycles. The van der Waals surface area contributed by atoms with Gasteiger partial charge in [-0.1, -0.05) is 44.2 Å². The summed E-state index contributed by atoms with van der Waals surface area (Å²) in [6.45, 7) is 8.60. The number of aromatic nitrogens is 1. The van der Waals surface area contributed by atoms with Crippen molar-refractivity contribution in [3.05, 3.63) is 53.9 Å². The van der Waals surface area contributed by atoms with Crippen LogP contribution >= 0.6 is 0 Å². The van der Waals surface area contributed by atoms with E-state index in [4.69, 9.17) is 4.74 Å². The largest absolute Gasteiger partial charge is 0.447 e. The molecule has 2 amide bonds. The molecular weight excluding hydrogens is 366 g/mol. The summed E-state index contributed by atoms with van der Waals surface area (Å²) in [6.07, 6.45) is 3.33. The lowest BCUT2D eigenvalue weighted by molar-refractivity contribution is 0.0947. The highest BCUT2D eigenvalue weighted by atomic mass is 16.6. The van der Waals surface area contributed by atoms with Crippen molar-refractivity contribution in [2.24, 2.45) is 5.92 Å². The van der Waals surface area contributed by atoms with Crippen molar-refractivity contribution in [3.8, 4) is 11.1 Å². The maximum absolute atomic E-state index is 12.6. The molecule has 1 aliphatic rings. The van der Waals surface area contributed by atoms with Gasteiger partial charge in [0.2, 0.25) is 0 Å². The van der Waals surface area contributed by atoms with Crippen LogP contribution in [-0.4, -0.2) is 29.6 Å². The van der Waals surface area contributed by atoms with Gasteiger partial charge < -0.3 is 15.4 Å². The zero-order valence-corrected chi connectivity index (χ0v) is 17.7. The Balaban J connectivity index is 0.00000145. The van der Waals surface area contributed by atoms with Crippen LogP contribution in [0, 0.1) is 5.92 Å². The monoisotopic (exact) mass is 397 g/mol. The van der Waals surface area contributed by atoms with Gasteiger partial charge in [-0.3, -0.25) is 9.78 Å². The van der Waals surface area contributed by atoms with E-state index < -0.39 is 6.09 Å². The van der Waals surface area contributed by atoms with E-state index in [-0.39, 0.29) is 12.0 Å². The van der Waals surface area contributed by atoms with Gasteiger partial charge in [-0.05, 0) is 49.8 Å².